The summed E-state index contributed by atoms with van der Waals surface area (Å²) in [5, 5.41) is 3.12. The third-order valence-electron chi connectivity index (χ3n) is 6.46. The average molecular weight is 500 g/mol. The predicted molar refractivity (Wildman–Crippen MR) is 133 cm³/mol. The van der Waals surface area contributed by atoms with Crippen LogP contribution in [0.4, 0.5) is 16.3 Å². The van der Waals surface area contributed by atoms with E-state index in [0.717, 1.165) is 24.1 Å². The van der Waals surface area contributed by atoms with Gasteiger partial charge in [-0.25, -0.2) is 9.78 Å². The molecular formula is C25H30ClN5O4. The Hall–Kier alpha value is -3.33. The van der Waals surface area contributed by atoms with Gasteiger partial charge in [0.15, 0.2) is 0 Å². The van der Waals surface area contributed by atoms with Gasteiger partial charge in [0, 0.05) is 30.9 Å². The van der Waals surface area contributed by atoms with E-state index in [9.17, 15) is 14.4 Å². The maximum Gasteiger partial charge on any atom is 0.414 e. The van der Waals surface area contributed by atoms with Crippen molar-refractivity contribution >= 4 is 41.0 Å². The number of ether oxygens (including phenoxy) is 1. The Morgan fingerprint density at radius 2 is 1.97 bits per heavy atom. The minimum atomic E-state index is -0.726. The molecule has 0 unspecified atom stereocenters. The van der Waals surface area contributed by atoms with Crippen LogP contribution in [0, 0.1) is 5.92 Å². The van der Waals surface area contributed by atoms with E-state index in [1.54, 1.807) is 17.2 Å². The first-order valence-electron chi connectivity index (χ1n) is 11.8. The second-order valence-electron chi connectivity index (χ2n) is 9.29. The van der Waals surface area contributed by atoms with Crippen molar-refractivity contribution in [3.63, 3.8) is 0 Å². The molecule has 3 amide bonds. The summed E-state index contributed by atoms with van der Waals surface area (Å²) < 4.78 is 5.38. The highest BCUT2D eigenvalue weighted by molar-refractivity contribution is 6.33. The Morgan fingerprint density at radius 1 is 1.26 bits per heavy atom. The maximum atomic E-state index is 12.5. The van der Waals surface area contributed by atoms with Crippen molar-refractivity contribution in [3.05, 3.63) is 52.7 Å². The van der Waals surface area contributed by atoms with Gasteiger partial charge in [0.25, 0.3) is 0 Å². The van der Waals surface area contributed by atoms with Crippen molar-refractivity contribution in [2.24, 2.45) is 11.7 Å². The van der Waals surface area contributed by atoms with Gasteiger partial charge in [0.2, 0.25) is 11.8 Å². The fraction of sp³-hybridized carbons (Fsp3) is 0.440. The largest absolute Gasteiger partial charge is 0.444 e. The molecule has 35 heavy (non-hydrogen) atoms. The molecule has 10 heteroatoms. The van der Waals surface area contributed by atoms with E-state index >= 15 is 0 Å². The summed E-state index contributed by atoms with van der Waals surface area (Å²) in [5.41, 5.74) is 7.94. The number of primary amides is 1. The first kappa shape index (κ1) is 24.8. The SMILES string of the molecule is CC(C)[C@@H](NC(=O)Cc1cnc(N2CCC(N3C(=O)OCc4ccccc43)CC2)c(Cl)c1)C(N)=O. The number of pyridine rings is 1. The molecule has 1 aromatic carbocycles. The summed E-state index contributed by atoms with van der Waals surface area (Å²) in [5.74, 6) is -0.344. The lowest BCUT2D eigenvalue weighted by molar-refractivity contribution is -0.127. The van der Waals surface area contributed by atoms with Crippen LogP contribution in [-0.2, 0) is 27.4 Å². The smallest absolute Gasteiger partial charge is 0.414 e. The molecule has 3 heterocycles. The average Bonchev–Trinajstić information content (AvgIpc) is 2.82. The zero-order valence-electron chi connectivity index (χ0n) is 19.9. The number of aromatic nitrogens is 1. The van der Waals surface area contributed by atoms with Crippen LogP contribution in [0.15, 0.2) is 36.5 Å². The Labute approximate surface area is 209 Å². The van der Waals surface area contributed by atoms with Crippen molar-refractivity contribution in [2.75, 3.05) is 22.9 Å². The van der Waals surface area contributed by atoms with Crippen LogP contribution in [0.1, 0.15) is 37.8 Å². The topological polar surface area (TPSA) is 118 Å². The van der Waals surface area contributed by atoms with Crippen molar-refractivity contribution in [3.8, 4) is 0 Å². The van der Waals surface area contributed by atoms with Gasteiger partial charge >= 0.3 is 6.09 Å². The molecule has 0 radical (unpaired) electrons. The number of hydrogen-bond donors (Lipinski definition) is 2. The number of amides is 3. The van der Waals surface area contributed by atoms with Gasteiger partial charge < -0.3 is 20.7 Å². The fourth-order valence-corrected chi connectivity index (χ4v) is 4.94. The number of carbonyl (C=O) groups excluding carboxylic acids is 3. The molecule has 2 aromatic rings. The predicted octanol–water partition coefficient (Wildman–Crippen LogP) is 3.03. The summed E-state index contributed by atoms with van der Waals surface area (Å²) >= 11 is 6.53. The van der Waals surface area contributed by atoms with Gasteiger partial charge in [-0.1, -0.05) is 43.6 Å². The van der Waals surface area contributed by atoms with Crippen LogP contribution in [0.3, 0.4) is 0 Å². The first-order chi connectivity index (χ1) is 16.7. The highest BCUT2D eigenvalue weighted by Crippen LogP contribution is 2.33. The summed E-state index contributed by atoms with van der Waals surface area (Å²) in [7, 11) is 0. The molecule has 9 nitrogen and oxygen atoms in total. The molecule has 1 saturated heterocycles. The highest BCUT2D eigenvalue weighted by atomic mass is 35.5. The number of piperidine rings is 1. The van der Waals surface area contributed by atoms with Gasteiger partial charge in [-0.2, -0.15) is 0 Å². The third kappa shape index (κ3) is 5.51. The second kappa shape index (κ2) is 10.5. The van der Waals surface area contributed by atoms with Crippen LogP contribution >= 0.6 is 11.6 Å². The Bertz CT molecular complexity index is 1120. The number of nitrogens with zero attached hydrogens (tertiary/aromatic N) is 3. The third-order valence-corrected chi connectivity index (χ3v) is 6.74. The number of rotatable bonds is 7. The zero-order valence-corrected chi connectivity index (χ0v) is 20.6. The Morgan fingerprint density at radius 3 is 2.63 bits per heavy atom. The van der Waals surface area contributed by atoms with Gasteiger partial charge in [-0.15, -0.1) is 0 Å². The van der Waals surface area contributed by atoms with Crippen molar-refractivity contribution in [2.45, 2.75) is 51.8 Å². The number of nitrogens with one attached hydrogen (secondary N) is 1. The van der Waals surface area contributed by atoms with Crippen LogP contribution in [0.25, 0.3) is 0 Å². The lowest BCUT2D eigenvalue weighted by Crippen LogP contribution is -2.49. The number of halogens is 1. The minimum Gasteiger partial charge on any atom is -0.444 e. The van der Waals surface area contributed by atoms with E-state index in [0.29, 0.717) is 36.1 Å². The van der Waals surface area contributed by atoms with Gasteiger partial charge in [-0.05, 0) is 36.5 Å². The first-order valence-corrected chi connectivity index (χ1v) is 12.1. The molecule has 4 rings (SSSR count). The summed E-state index contributed by atoms with van der Waals surface area (Å²) in [4.78, 5) is 44.8. The highest BCUT2D eigenvalue weighted by Gasteiger charge is 2.34. The second-order valence-corrected chi connectivity index (χ2v) is 9.70. The van der Waals surface area contributed by atoms with E-state index in [1.807, 2.05) is 38.1 Å². The van der Waals surface area contributed by atoms with Crippen molar-refractivity contribution < 1.29 is 19.1 Å². The molecule has 0 aliphatic carbocycles. The molecule has 186 valence electrons. The number of anilines is 2. The summed E-state index contributed by atoms with van der Waals surface area (Å²) in [6.45, 7) is 5.29. The number of hydrogen-bond acceptors (Lipinski definition) is 6. The van der Waals surface area contributed by atoms with Crippen molar-refractivity contribution in [1.82, 2.24) is 10.3 Å². The molecule has 0 saturated carbocycles. The van der Waals surface area contributed by atoms with Crippen LogP contribution in [0.2, 0.25) is 5.02 Å². The number of carbonyl (C=O) groups is 3. The van der Waals surface area contributed by atoms with Crippen LogP contribution < -0.4 is 20.9 Å². The lowest BCUT2D eigenvalue weighted by Gasteiger charge is -2.40. The van der Waals surface area contributed by atoms with E-state index in [2.05, 4.69) is 15.2 Å². The monoisotopic (exact) mass is 499 g/mol. The van der Waals surface area contributed by atoms with E-state index in [-0.39, 0.29) is 30.4 Å². The molecular weight excluding hydrogens is 470 g/mol. The summed E-state index contributed by atoms with van der Waals surface area (Å²) in [6, 6.07) is 8.84. The molecule has 1 atom stereocenters. The van der Waals surface area contributed by atoms with Crippen molar-refractivity contribution in [1.29, 1.82) is 0 Å². The van der Waals surface area contributed by atoms with E-state index in [1.165, 1.54) is 0 Å². The van der Waals surface area contributed by atoms with Gasteiger partial charge in [-0.3, -0.25) is 14.5 Å². The molecule has 3 N–H and O–H groups in total. The minimum absolute atomic E-state index is 0.0288. The fourth-order valence-electron chi connectivity index (χ4n) is 4.63. The molecule has 0 spiro atoms. The Balaban J connectivity index is 1.38. The molecule has 2 aliphatic rings. The Kier molecular flexibility index (Phi) is 7.45. The molecule has 2 aliphatic heterocycles. The lowest BCUT2D eigenvalue weighted by atomic mass is 10.0. The van der Waals surface area contributed by atoms with Crippen LogP contribution in [-0.4, -0.2) is 48.1 Å². The number of fused-ring (bicyclic) bond motifs is 1. The number of para-hydroxylation sites is 1. The number of cyclic esters (lactones) is 1. The van der Waals surface area contributed by atoms with E-state index in [4.69, 9.17) is 22.1 Å². The molecule has 1 fully saturated rings. The summed E-state index contributed by atoms with van der Waals surface area (Å²) in [6.07, 6.45) is 2.85. The number of benzene rings is 1. The zero-order chi connectivity index (χ0) is 25.1. The number of nitrogens with two attached hydrogens (primary N) is 1. The normalized spacial score (nSPS) is 17.1. The van der Waals surface area contributed by atoms with E-state index < -0.39 is 11.9 Å². The standard InChI is InChI=1S/C25H30ClN5O4/c1-15(2)22(23(27)33)29-21(32)12-16-11-19(26)24(28-13-16)30-9-7-18(8-10-30)31-20-6-4-3-5-17(20)14-35-25(31)34/h3-6,11,13,15,18,22H,7-10,12,14H2,1-2H3,(H2,27,33)(H,29,32)/t22-/m1/s1. The van der Waals surface area contributed by atoms with Gasteiger partial charge in [0.1, 0.15) is 18.5 Å². The molecule has 1 aromatic heterocycles. The van der Waals surface area contributed by atoms with Gasteiger partial charge in [0.05, 0.1) is 17.1 Å². The molecule has 0 bridgehead atoms. The quantitative estimate of drug-likeness (QED) is 0.604. The van der Waals surface area contributed by atoms with Crippen LogP contribution in [0.5, 0.6) is 0 Å². The maximum absolute atomic E-state index is 12.5.